The van der Waals surface area contributed by atoms with E-state index in [-0.39, 0.29) is 17.4 Å². The van der Waals surface area contributed by atoms with Crippen molar-refractivity contribution in [2.45, 2.75) is 40.2 Å². The van der Waals surface area contributed by atoms with Crippen molar-refractivity contribution in [1.29, 1.82) is 0 Å². The first kappa shape index (κ1) is 17.2. The van der Waals surface area contributed by atoms with Gasteiger partial charge in [0.2, 0.25) is 0 Å². The van der Waals surface area contributed by atoms with Crippen molar-refractivity contribution in [3.8, 4) is 0 Å². The second kappa shape index (κ2) is 7.40. The smallest absolute Gasteiger partial charge is 0.274 e. The largest absolute Gasteiger partial charge is 0.340 e. The van der Waals surface area contributed by atoms with Crippen LogP contribution in [-0.2, 0) is 6.54 Å². The highest BCUT2D eigenvalue weighted by molar-refractivity contribution is 6.04. The third-order valence-corrected chi connectivity index (χ3v) is 3.80. The number of hydrogen-bond donors (Lipinski definition) is 0. The number of rotatable bonds is 6. The standard InChI is InChI=1S/C18H25N3O2/c1-5-6-11-20(4)18(23)16-14-9-7-8-10-15(14)17(22)21(19-16)12-13(2)3/h7-10,13H,5-6,11-12H2,1-4H3. The lowest BCUT2D eigenvalue weighted by Gasteiger charge is -2.18. The number of unbranched alkanes of at least 4 members (excludes halogenated alkanes) is 1. The summed E-state index contributed by atoms with van der Waals surface area (Å²) in [7, 11) is 1.78. The lowest BCUT2D eigenvalue weighted by molar-refractivity contribution is 0.0786. The molecule has 1 aromatic heterocycles. The van der Waals surface area contributed by atoms with Crippen LogP contribution >= 0.6 is 0 Å². The predicted octanol–water partition coefficient (Wildman–Crippen LogP) is 2.92. The van der Waals surface area contributed by atoms with Crippen molar-refractivity contribution in [3.05, 3.63) is 40.3 Å². The fourth-order valence-corrected chi connectivity index (χ4v) is 2.54. The number of amides is 1. The molecule has 0 atom stereocenters. The van der Waals surface area contributed by atoms with E-state index in [1.54, 1.807) is 24.1 Å². The van der Waals surface area contributed by atoms with Crippen LogP contribution in [0.15, 0.2) is 29.1 Å². The van der Waals surface area contributed by atoms with Crippen LogP contribution in [0.5, 0.6) is 0 Å². The van der Waals surface area contributed by atoms with Gasteiger partial charge in [-0.2, -0.15) is 5.10 Å². The zero-order chi connectivity index (χ0) is 17.0. The summed E-state index contributed by atoms with van der Waals surface area (Å²) < 4.78 is 1.42. The molecule has 0 aliphatic heterocycles. The molecule has 0 radical (unpaired) electrons. The Morgan fingerprint density at radius 3 is 2.52 bits per heavy atom. The van der Waals surface area contributed by atoms with Crippen LogP contribution in [0.1, 0.15) is 44.1 Å². The molecule has 0 spiro atoms. The summed E-state index contributed by atoms with van der Waals surface area (Å²) in [6.45, 7) is 7.34. The number of hydrogen-bond acceptors (Lipinski definition) is 3. The summed E-state index contributed by atoms with van der Waals surface area (Å²) in [6.07, 6.45) is 1.98. The van der Waals surface area contributed by atoms with Gasteiger partial charge in [-0.3, -0.25) is 9.59 Å². The maximum Gasteiger partial charge on any atom is 0.274 e. The molecule has 1 amide bonds. The average molecular weight is 315 g/mol. The van der Waals surface area contributed by atoms with Crippen molar-refractivity contribution in [3.63, 3.8) is 0 Å². The van der Waals surface area contributed by atoms with Gasteiger partial charge in [0.15, 0.2) is 5.69 Å². The minimum Gasteiger partial charge on any atom is -0.340 e. The minimum absolute atomic E-state index is 0.132. The molecule has 5 nitrogen and oxygen atoms in total. The molecule has 1 aromatic carbocycles. The summed E-state index contributed by atoms with van der Waals surface area (Å²) in [5, 5.41) is 5.56. The van der Waals surface area contributed by atoms with Gasteiger partial charge in [-0.05, 0) is 18.4 Å². The van der Waals surface area contributed by atoms with E-state index in [1.807, 2.05) is 26.0 Å². The number of nitrogens with zero attached hydrogens (tertiary/aromatic N) is 3. The third kappa shape index (κ3) is 3.78. The van der Waals surface area contributed by atoms with Crippen molar-refractivity contribution in [2.24, 2.45) is 5.92 Å². The highest BCUT2D eigenvalue weighted by Gasteiger charge is 2.19. The van der Waals surface area contributed by atoms with Crippen molar-refractivity contribution in [2.75, 3.05) is 13.6 Å². The second-order valence-electron chi connectivity index (χ2n) is 6.36. The van der Waals surface area contributed by atoms with E-state index in [1.165, 1.54) is 4.68 Å². The Hall–Kier alpha value is -2.17. The zero-order valence-electron chi connectivity index (χ0n) is 14.4. The van der Waals surface area contributed by atoms with Gasteiger partial charge in [0.05, 0.1) is 5.39 Å². The lowest BCUT2D eigenvalue weighted by Crippen LogP contribution is -2.33. The highest BCUT2D eigenvalue weighted by atomic mass is 16.2. The molecule has 124 valence electrons. The minimum atomic E-state index is -0.137. The highest BCUT2D eigenvalue weighted by Crippen LogP contribution is 2.15. The van der Waals surface area contributed by atoms with Gasteiger partial charge in [-0.25, -0.2) is 4.68 Å². The van der Waals surface area contributed by atoms with Crippen molar-refractivity contribution >= 4 is 16.7 Å². The molecule has 0 aliphatic carbocycles. The molecule has 5 heteroatoms. The first-order valence-electron chi connectivity index (χ1n) is 8.21. The maximum atomic E-state index is 12.8. The first-order chi connectivity index (χ1) is 11.0. The summed E-state index contributed by atoms with van der Waals surface area (Å²) >= 11 is 0. The first-order valence-corrected chi connectivity index (χ1v) is 8.21. The van der Waals surface area contributed by atoms with E-state index >= 15 is 0 Å². The van der Waals surface area contributed by atoms with Gasteiger partial charge in [0.25, 0.3) is 11.5 Å². The van der Waals surface area contributed by atoms with Gasteiger partial charge < -0.3 is 4.90 Å². The molecule has 2 rings (SSSR count). The van der Waals surface area contributed by atoms with E-state index in [9.17, 15) is 9.59 Å². The molecule has 0 saturated carbocycles. The fraction of sp³-hybridized carbons (Fsp3) is 0.500. The van der Waals surface area contributed by atoms with Crippen molar-refractivity contribution < 1.29 is 4.79 Å². The molecule has 0 unspecified atom stereocenters. The Bertz CT molecular complexity index is 750. The SMILES string of the molecule is CCCCN(C)C(=O)c1nn(CC(C)C)c(=O)c2ccccc12. The second-order valence-corrected chi connectivity index (χ2v) is 6.36. The number of aromatic nitrogens is 2. The fourth-order valence-electron chi connectivity index (χ4n) is 2.54. The molecule has 2 aromatic rings. The summed E-state index contributed by atoms with van der Waals surface area (Å²) in [5.41, 5.74) is 0.224. The van der Waals surface area contributed by atoms with E-state index in [0.717, 1.165) is 12.8 Å². The van der Waals surface area contributed by atoms with Crippen LogP contribution in [0, 0.1) is 5.92 Å². The lowest BCUT2D eigenvalue weighted by atomic mass is 10.1. The number of benzene rings is 1. The molecule has 0 aliphatic rings. The van der Waals surface area contributed by atoms with E-state index in [0.29, 0.717) is 29.6 Å². The summed E-state index contributed by atoms with van der Waals surface area (Å²) in [4.78, 5) is 27.0. The zero-order valence-corrected chi connectivity index (χ0v) is 14.4. The van der Waals surface area contributed by atoms with Crippen LogP contribution in [0.25, 0.3) is 10.8 Å². The van der Waals surface area contributed by atoms with Gasteiger partial charge >= 0.3 is 0 Å². The Morgan fingerprint density at radius 2 is 1.91 bits per heavy atom. The average Bonchev–Trinajstić information content (AvgIpc) is 2.54. The van der Waals surface area contributed by atoms with Gasteiger partial charge in [0, 0.05) is 25.5 Å². The van der Waals surface area contributed by atoms with Crippen LogP contribution < -0.4 is 5.56 Å². The number of carbonyl (C=O) groups excluding carboxylic acids is 1. The Labute approximate surface area is 136 Å². The van der Waals surface area contributed by atoms with E-state index < -0.39 is 0 Å². The van der Waals surface area contributed by atoms with Gasteiger partial charge in [-0.1, -0.05) is 45.4 Å². The predicted molar refractivity (Wildman–Crippen MR) is 92.7 cm³/mol. The Morgan fingerprint density at radius 1 is 1.26 bits per heavy atom. The van der Waals surface area contributed by atoms with Gasteiger partial charge in [0.1, 0.15) is 0 Å². The van der Waals surface area contributed by atoms with Gasteiger partial charge in [-0.15, -0.1) is 0 Å². The monoisotopic (exact) mass is 315 g/mol. The molecule has 0 N–H and O–H groups in total. The molecule has 0 saturated heterocycles. The Kier molecular flexibility index (Phi) is 5.53. The number of carbonyl (C=O) groups is 1. The van der Waals surface area contributed by atoms with E-state index in [4.69, 9.17) is 0 Å². The van der Waals surface area contributed by atoms with Crippen LogP contribution in [-0.4, -0.2) is 34.2 Å². The Balaban J connectivity index is 2.55. The molecule has 1 heterocycles. The number of fused-ring (bicyclic) bond motifs is 1. The molecular formula is C18H25N3O2. The third-order valence-electron chi connectivity index (χ3n) is 3.80. The van der Waals surface area contributed by atoms with E-state index in [2.05, 4.69) is 12.0 Å². The maximum absolute atomic E-state index is 12.8. The van der Waals surface area contributed by atoms with Crippen LogP contribution in [0.2, 0.25) is 0 Å². The molecule has 0 fully saturated rings. The topological polar surface area (TPSA) is 55.2 Å². The van der Waals surface area contributed by atoms with Crippen LogP contribution in [0.3, 0.4) is 0 Å². The molecule has 23 heavy (non-hydrogen) atoms. The summed E-state index contributed by atoms with van der Waals surface area (Å²) in [5.74, 6) is 0.147. The van der Waals surface area contributed by atoms with Crippen LogP contribution in [0.4, 0.5) is 0 Å². The quantitative estimate of drug-likeness (QED) is 0.823. The van der Waals surface area contributed by atoms with Crippen molar-refractivity contribution in [1.82, 2.24) is 14.7 Å². The normalized spacial score (nSPS) is 11.2. The summed E-state index contributed by atoms with van der Waals surface area (Å²) in [6, 6.07) is 7.21. The molecule has 0 bridgehead atoms. The molecular weight excluding hydrogens is 290 g/mol.